The van der Waals surface area contributed by atoms with Gasteiger partial charge in [-0.3, -0.25) is 4.79 Å². The summed E-state index contributed by atoms with van der Waals surface area (Å²) in [6, 6.07) is 0. The molecule has 0 heterocycles. The van der Waals surface area contributed by atoms with E-state index in [-0.39, 0.29) is 18.4 Å². The Labute approximate surface area is 95.6 Å². The van der Waals surface area contributed by atoms with Crippen molar-refractivity contribution >= 4 is 5.97 Å². The van der Waals surface area contributed by atoms with E-state index >= 15 is 0 Å². The third-order valence-electron chi connectivity index (χ3n) is 3.00. The number of carbonyl (C=O) groups is 1. The fraction of sp³-hybridized carbons (Fsp3) is 0.750. The molecular weight excluding hydrogens is 208 g/mol. The third kappa shape index (κ3) is 4.77. The van der Waals surface area contributed by atoms with Crippen LogP contribution in [0.5, 0.6) is 0 Å². The zero-order valence-electron chi connectivity index (χ0n) is 9.38. The van der Waals surface area contributed by atoms with Crippen LogP contribution in [0.1, 0.15) is 38.5 Å². The summed E-state index contributed by atoms with van der Waals surface area (Å²) < 4.78 is 0. The minimum Gasteiger partial charge on any atom is -0.481 e. The van der Waals surface area contributed by atoms with Gasteiger partial charge in [0.2, 0.25) is 0 Å². The van der Waals surface area contributed by atoms with Gasteiger partial charge in [-0.1, -0.05) is 12.2 Å². The number of aliphatic hydroxyl groups is 2. The number of hydrogen-bond donors (Lipinski definition) is 3. The molecule has 3 atom stereocenters. The van der Waals surface area contributed by atoms with Crippen molar-refractivity contribution < 1.29 is 20.1 Å². The molecule has 0 radical (unpaired) electrons. The van der Waals surface area contributed by atoms with E-state index in [4.69, 9.17) is 5.11 Å². The molecule has 92 valence electrons. The quantitative estimate of drug-likeness (QED) is 0.473. The van der Waals surface area contributed by atoms with E-state index in [2.05, 4.69) is 0 Å². The first-order valence-corrected chi connectivity index (χ1v) is 5.82. The number of rotatable bonds is 6. The SMILES string of the molecule is O=C(O)CCC/C=C\C[C@@H]1C[C@@H](O)C[C@@H]1O. The van der Waals surface area contributed by atoms with Crippen LogP contribution in [0.15, 0.2) is 12.2 Å². The van der Waals surface area contributed by atoms with Gasteiger partial charge in [-0.15, -0.1) is 0 Å². The van der Waals surface area contributed by atoms with E-state index in [9.17, 15) is 15.0 Å². The van der Waals surface area contributed by atoms with E-state index in [1.54, 1.807) is 0 Å². The van der Waals surface area contributed by atoms with Gasteiger partial charge in [0.15, 0.2) is 0 Å². The molecule has 0 saturated heterocycles. The lowest BCUT2D eigenvalue weighted by Gasteiger charge is -2.10. The Hall–Kier alpha value is -0.870. The standard InChI is InChI=1S/C12H20O4/c13-10-7-9(11(14)8-10)5-3-1-2-4-6-12(15)16/h1,3,9-11,13-14H,2,4-8H2,(H,15,16)/b3-1-/t9-,10-,11+/m1/s1. The van der Waals surface area contributed by atoms with Crippen LogP contribution in [0.3, 0.4) is 0 Å². The molecule has 0 aromatic rings. The molecule has 0 unspecified atom stereocenters. The van der Waals surface area contributed by atoms with Gasteiger partial charge in [0, 0.05) is 6.42 Å². The number of allylic oxidation sites excluding steroid dienone is 2. The van der Waals surface area contributed by atoms with Crippen molar-refractivity contribution in [1.29, 1.82) is 0 Å². The number of unbranched alkanes of at least 4 members (excludes halogenated alkanes) is 1. The van der Waals surface area contributed by atoms with Crippen LogP contribution in [0.25, 0.3) is 0 Å². The Morgan fingerprint density at radius 1 is 1.25 bits per heavy atom. The molecule has 4 nitrogen and oxygen atoms in total. The maximum atomic E-state index is 10.2. The lowest BCUT2D eigenvalue weighted by molar-refractivity contribution is -0.137. The van der Waals surface area contributed by atoms with Crippen molar-refractivity contribution in [3.63, 3.8) is 0 Å². The summed E-state index contributed by atoms with van der Waals surface area (Å²) in [5.41, 5.74) is 0. The average molecular weight is 228 g/mol. The van der Waals surface area contributed by atoms with Crippen LogP contribution in [0, 0.1) is 5.92 Å². The summed E-state index contributed by atoms with van der Waals surface area (Å²) in [6.07, 6.45) is 6.73. The van der Waals surface area contributed by atoms with Gasteiger partial charge >= 0.3 is 5.97 Å². The molecule has 16 heavy (non-hydrogen) atoms. The third-order valence-corrected chi connectivity index (χ3v) is 3.00. The fourth-order valence-electron chi connectivity index (χ4n) is 2.09. The molecule has 3 N–H and O–H groups in total. The molecule has 1 saturated carbocycles. The smallest absolute Gasteiger partial charge is 0.303 e. The molecule has 1 rings (SSSR count). The maximum absolute atomic E-state index is 10.2. The molecule has 0 aliphatic heterocycles. The van der Waals surface area contributed by atoms with Crippen molar-refractivity contribution in [2.24, 2.45) is 5.92 Å². The lowest BCUT2D eigenvalue weighted by atomic mass is 10.0. The van der Waals surface area contributed by atoms with Crippen LogP contribution in [-0.2, 0) is 4.79 Å². The summed E-state index contributed by atoms with van der Waals surface area (Å²) in [4.78, 5) is 10.2. The van der Waals surface area contributed by atoms with Crippen molar-refractivity contribution in [2.45, 2.75) is 50.7 Å². The van der Waals surface area contributed by atoms with Gasteiger partial charge in [-0.05, 0) is 38.0 Å². The zero-order valence-corrected chi connectivity index (χ0v) is 9.38. The van der Waals surface area contributed by atoms with Crippen LogP contribution in [0.2, 0.25) is 0 Å². The summed E-state index contributed by atoms with van der Waals surface area (Å²) in [7, 11) is 0. The minimum absolute atomic E-state index is 0.158. The van der Waals surface area contributed by atoms with Crippen LogP contribution < -0.4 is 0 Å². The van der Waals surface area contributed by atoms with E-state index in [0.717, 1.165) is 12.8 Å². The number of aliphatic carboxylic acids is 1. The number of aliphatic hydroxyl groups excluding tert-OH is 2. The van der Waals surface area contributed by atoms with E-state index in [0.29, 0.717) is 19.3 Å². The van der Waals surface area contributed by atoms with Crippen LogP contribution >= 0.6 is 0 Å². The lowest BCUT2D eigenvalue weighted by Crippen LogP contribution is -2.11. The highest BCUT2D eigenvalue weighted by molar-refractivity contribution is 5.66. The van der Waals surface area contributed by atoms with Gasteiger partial charge in [-0.2, -0.15) is 0 Å². The van der Waals surface area contributed by atoms with Gasteiger partial charge in [0.25, 0.3) is 0 Å². The highest BCUT2D eigenvalue weighted by Crippen LogP contribution is 2.28. The Bertz CT molecular complexity index is 249. The first-order valence-electron chi connectivity index (χ1n) is 5.82. The van der Waals surface area contributed by atoms with Crippen molar-refractivity contribution in [3.05, 3.63) is 12.2 Å². The van der Waals surface area contributed by atoms with E-state index < -0.39 is 12.1 Å². The van der Waals surface area contributed by atoms with Crippen LogP contribution in [0.4, 0.5) is 0 Å². The Morgan fingerprint density at radius 2 is 2.00 bits per heavy atom. The van der Waals surface area contributed by atoms with E-state index in [1.165, 1.54) is 0 Å². The molecule has 4 heteroatoms. The molecule has 1 aliphatic carbocycles. The van der Waals surface area contributed by atoms with Gasteiger partial charge in [0.1, 0.15) is 0 Å². The molecule has 0 spiro atoms. The summed E-state index contributed by atoms with van der Waals surface area (Å²) >= 11 is 0. The predicted octanol–water partition coefficient (Wildman–Crippen LogP) is 1.32. The number of carboxylic acid groups (broad SMARTS) is 1. The second-order valence-electron chi connectivity index (χ2n) is 4.45. The summed E-state index contributed by atoms with van der Waals surface area (Å²) in [5.74, 6) is -0.603. The first kappa shape index (κ1) is 13.2. The van der Waals surface area contributed by atoms with E-state index in [1.807, 2.05) is 12.2 Å². The van der Waals surface area contributed by atoms with Crippen LogP contribution in [-0.4, -0.2) is 33.5 Å². The Balaban J connectivity index is 2.10. The Kier molecular flexibility index (Phi) is 5.49. The monoisotopic (exact) mass is 228 g/mol. The van der Waals surface area contributed by atoms with Crippen molar-refractivity contribution in [3.8, 4) is 0 Å². The molecule has 0 bridgehead atoms. The molecule has 1 aliphatic rings. The fourth-order valence-corrected chi connectivity index (χ4v) is 2.09. The Morgan fingerprint density at radius 3 is 2.56 bits per heavy atom. The first-order chi connectivity index (χ1) is 7.59. The van der Waals surface area contributed by atoms with Crippen molar-refractivity contribution in [2.75, 3.05) is 0 Å². The largest absolute Gasteiger partial charge is 0.481 e. The molecule has 0 amide bonds. The van der Waals surface area contributed by atoms with Crippen molar-refractivity contribution in [1.82, 2.24) is 0 Å². The topological polar surface area (TPSA) is 77.8 Å². The molecular formula is C12H20O4. The maximum Gasteiger partial charge on any atom is 0.303 e. The summed E-state index contributed by atoms with van der Waals surface area (Å²) in [6.45, 7) is 0. The minimum atomic E-state index is -0.761. The molecule has 0 aromatic heterocycles. The average Bonchev–Trinajstić information content (AvgIpc) is 2.50. The highest BCUT2D eigenvalue weighted by atomic mass is 16.4. The molecule has 1 fully saturated rings. The number of carboxylic acids is 1. The second-order valence-corrected chi connectivity index (χ2v) is 4.45. The molecule has 0 aromatic carbocycles. The summed E-state index contributed by atoms with van der Waals surface area (Å²) in [5, 5.41) is 27.3. The van der Waals surface area contributed by atoms with Gasteiger partial charge in [-0.25, -0.2) is 0 Å². The predicted molar refractivity (Wildman–Crippen MR) is 60.0 cm³/mol. The zero-order chi connectivity index (χ0) is 12.0. The highest BCUT2D eigenvalue weighted by Gasteiger charge is 2.30. The second kappa shape index (κ2) is 6.66. The number of hydrogen-bond acceptors (Lipinski definition) is 3. The van der Waals surface area contributed by atoms with Gasteiger partial charge < -0.3 is 15.3 Å². The van der Waals surface area contributed by atoms with Gasteiger partial charge in [0.05, 0.1) is 12.2 Å². The normalized spacial score (nSPS) is 30.0.